The molecule has 320 valence electrons. The molecule has 17 heteroatoms. The maximum Gasteiger partial charge on any atom is 0.242 e. The highest BCUT2D eigenvalue weighted by atomic mass is 16.6. The minimum absolute atomic E-state index is 0.0249. The van der Waals surface area contributed by atoms with Gasteiger partial charge in [-0.3, -0.25) is 14.4 Å². The Morgan fingerprint density at radius 3 is 1.43 bits per heavy atom. The van der Waals surface area contributed by atoms with Gasteiger partial charge in [-0.1, -0.05) is 20.8 Å². The molecule has 0 saturated carbocycles. The second kappa shape index (κ2) is 42.1. The van der Waals surface area contributed by atoms with Gasteiger partial charge in [0.05, 0.1) is 106 Å². The van der Waals surface area contributed by atoms with E-state index in [4.69, 9.17) is 47.4 Å². The zero-order chi connectivity index (χ0) is 39.6. The van der Waals surface area contributed by atoms with Crippen molar-refractivity contribution >= 4 is 17.7 Å². The van der Waals surface area contributed by atoms with E-state index in [0.29, 0.717) is 106 Å². The van der Waals surface area contributed by atoms with Crippen LogP contribution in [0, 0.1) is 0 Å². The molecule has 1 unspecified atom stereocenters. The molecule has 54 heavy (non-hydrogen) atoms. The van der Waals surface area contributed by atoms with Crippen LogP contribution in [0.2, 0.25) is 0 Å². The molecule has 0 aliphatic heterocycles. The topological polar surface area (TPSA) is 192 Å². The van der Waals surface area contributed by atoms with Crippen molar-refractivity contribution in [1.82, 2.24) is 21.3 Å². The van der Waals surface area contributed by atoms with Crippen LogP contribution in [0.4, 0.5) is 0 Å². The van der Waals surface area contributed by atoms with E-state index in [9.17, 15) is 14.4 Å². The van der Waals surface area contributed by atoms with Crippen LogP contribution in [0.15, 0.2) is 0 Å². The largest absolute Gasteiger partial charge is 0.379 e. The molecule has 17 nitrogen and oxygen atoms in total. The molecule has 0 heterocycles. The van der Waals surface area contributed by atoms with Crippen LogP contribution in [0.5, 0.6) is 0 Å². The minimum Gasteiger partial charge on any atom is -0.379 e. The molecule has 0 radical (unpaired) electrons. The van der Waals surface area contributed by atoms with E-state index >= 15 is 0 Å². The maximum absolute atomic E-state index is 13.0. The lowest BCUT2D eigenvalue weighted by Gasteiger charge is -2.19. The Hall–Kier alpha value is -2.03. The second-order valence-electron chi connectivity index (χ2n) is 12.1. The lowest BCUT2D eigenvalue weighted by Crippen LogP contribution is -2.48. The molecule has 1 atom stereocenters. The number of amides is 3. The van der Waals surface area contributed by atoms with Gasteiger partial charge in [-0.05, 0) is 32.7 Å². The summed E-state index contributed by atoms with van der Waals surface area (Å²) in [5, 5.41) is 11.3. The number of ether oxygens (including phenoxy) is 10. The molecule has 0 spiro atoms. The zero-order valence-corrected chi connectivity index (χ0v) is 33.8. The number of hydrogen-bond acceptors (Lipinski definition) is 14. The van der Waals surface area contributed by atoms with Crippen LogP contribution in [-0.2, 0) is 61.8 Å². The van der Waals surface area contributed by atoms with Gasteiger partial charge >= 0.3 is 0 Å². The Labute approximate surface area is 324 Å². The molecular formula is C37H74N4O13. The molecule has 0 fully saturated rings. The van der Waals surface area contributed by atoms with Crippen molar-refractivity contribution in [3.8, 4) is 0 Å². The summed E-state index contributed by atoms with van der Waals surface area (Å²) in [7, 11) is 1.85. The highest BCUT2D eigenvalue weighted by Crippen LogP contribution is 2.01. The van der Waals surface area contributed by atoms with Crippen molar-refractivity contribution < 1.29 is 61.8 Å². The fourth-order valence-corrected chi connectivity index (χ4v) is 4.34. The first kappa shape index (κ1) is 52.0. The van der Waals surface area contributed by atoms with E-state index in [2.05, 4.69) is 35.1 Å². The van der Waals surface area contributed by atoms with Gasteiger partial charge in [0, 0.05) is 52.3 Å². The van der Waals surface area contributed by atoms with Gasteiger partial charge in [-0.15, -0.1) is 0 Å². The normalized spacial score (nSPS) is 11.9. The van der Waals surface area contributed by atoms with Crippen LogP contribution < -0.4 is 21.3 Å². The summed E-state index contributed by atoms with van der Waals surface area (Å²) in [6.07, 6.45) is 2.73. The van der Waals surface area contributed by atoms with Gasteiger partial charge in [-0.25, -0.2) is 0 Å². The fourth-order valence-electron chi connectivity index (χ4n) is 4.34. The third kappa shape index (κ3) is 36.9. The summed E-state index contributed by atoms with van der Waals surface area (Å²) in [6, 6.07) is -0.913. The predicted molar refractivity (Wildman–Crippen MR) is 204 cm³/mol. The molecule has 0 bridgehead atoms. The zero-order valence-electron chi connectivity index (χ0n) is 33.8. The lowest BCUT2D eigenvalue weighted by atomic mass is 10.1. The Kier molecular flexibility index (Phi) is 40.5. The second-order valence-corrected chi connectivity index (χ2v) is 12.1. The van der Waals surface area contributed by atoms with Gasteiger partial charge in [0.15, 0.2) is 0 Å². The van der Waals surface area contributed by atoms with E-state index in [-0.39, 0.29) is 70.2 Å². The first-order valence-corrected chi connectivity index (χ1v) is 19.8. The van der Waals surface area contributed by atoms with Crippen LogP contribution in [0.3, 0.4) is 0 Å². The molecule has 3 amide bonds. The molecular weight excluding hydrogens is 708 g/mol. The quantitative estimate of drug-likeness (QED) is 0.0637. The minimum atomic E-state index is -0.913. The molecule has 0 aromatic heterocycles. The van der Waals surface area contributed by atoms with Gasteiger partial charge in [0.2, 0.25) is 17.7 Å². The summed E-state index contributed by atoms with van der Waals surface area (Å²) in [5.41, 5.74) is 0. The predicted octanol–water partition coefficient (Wildman–Crippen LogP) is 0.858. The van der Waals surface area contributed by atoms with E-state index in [1.807, 2.05) is 14.0 Å². The van der Waals surface area contributed by atoms with Crippen LogP contribution in [0.1, 0.15) is 59.3 Å². The van der Waals surface area contributed by atoms with Gasteiger partial charge in [0.25, 0.3) is 0 Å². The van der Waals surface area contributed by atoms with E-state index in [1.165, 1.54) is 0 Å². The smallest absolute Gasteiger partial charge is 0.242 e. The van der Waals surface area contributed by atoms with Crippen molar-refractivity contribution in [2.24, 2.45) is 0 Å². The van der Waals surface area contributed by atoms with Crippen LogP contribution >= 0.6 is 0 Å². The number of nitrogens with one attached hydrogen (secondary N) is 4. The van der Waals surface area contributed by atoms with Crippen LogP contribution in [0.25, 0.3) is 0 Å². The number of carbonyl (C=O) groups is 3. The van der Waals surface area contributed by atoms with Crippen molar-refractivity contribution in [2.45, 2.75) is 71.4 Å². The van der Waals surface area contributed by atoms with Crippen molar-refractivity contribution in [2.75, 3.05) is 152 Å². The summed E-state index contributed by atoms with van der Waals surface area (Å²) in [4.78, 5) is 38.3. The van der Waals surface area contributed by atoms with Gasteiger partial charge in [0.1, 0.15) is 12.1 Å². The molecule has 4 N–H and O–H groups in total. The van der Waals surface area contributed by atoms with Crippen molar-refractivity contribution in [3.63, 3.8) is 0 Å². The Morgan fingerprint density at radius 2 is 0.907 bits per heavy atom. The molecule has 0 aromatic rings. The first-order chi connectivity index (χ1) is 26.5. The molecule has 0 aromatic carbocycles. The van der Waals surface area contributed by atoms with Crippen LogP contribution in [-0.4, -0.2) is 182 Å². The Morgan fingerprint density at radius 1 is 0.463 bits per heavy atom. The molecule has 0 aliphatic rings. The third-order valence-electron chi connectivity index (χ3n) is 7.12. The van der Waals surface area contributed by atoms with Gasteiger partial charge in [-0.2, -0.15) is 0 Å². The summed E-state index contributed by atoms with van der Waals surface area (Å²) < 4.78 is 55.6. The highest BCUT2D eigenvalue weighted by molar-refractivity contribution is 5.88. The van der Waals surface area contributed by atoms with Gasteiger partial charge < -0.3 is 68.6 Å². The molecule has 0 rings (SSSR count). The summed E-state index contributed by atoms with van der Waals surface area (Å²) in [5.74, 6) is -1.03. The summed E-state index contributed by atoms with van der Waals surface area (Å²) >= 11 is 0. The SMILES string of the molecule is CCCOCCOCCNC(=O)CCC(NC(=O)CCOCCOC(COCCOCCC)COCCOCCC)C(=O)NCCOCCOCCNC. The monoisotopic (exact) mass is 783 g/mol. The summed E-state index contributed by atoms with van der Waals surface area (Å²) in [6.45, 7) is 15.8. The van der Waals surface area contributed by atoms with E-state index in [0.717, 1.165) is 25.8 Å². The average molecular weight is 783 g/mol. The number of likely N-dealkylation sites (N-methyl/N-ethyl adjacent to an activating group) is 1. The molecule has 0 saturated heterocycles. The van der Waals surface area contributed by atoms with E-state index < -0.39 is 11.9 Å². The molecule has 0 aliphatic carbocycles. The van der Waals surface area contributed by atoms with Crippen molar-refractivity contribution in [3.05, 3.63) is 0 Å². The number of rotatable bonds is 43. The van der Waals surface area contributed by atoms with E-state index in [1.54, 1.807) is 0 Å². The maximum atomic E-state index is 13.0. The first-order valence-electron chi connectivity index (χ1n) is 19.8. The average Bonchev–Trinajstić information content (AvgIpc) is 3.17. The third-order valence-corrected chi connectivity index (χ3v) is 7.12. The lowest BCUT2D eigenvalue weighted by molar-refractivity contribution is -0.130. The Balaban J connectivity index is 4.66. The number of hydrogen-bond donors (Lipinski definition) is 4. The standard InChI is InChI=1S/C37H74N4O13/c1-5-14-45-21-22-50-19-12-39-35(42)9-8-34(37(44)40-13-20-51-24-23-49-18-11-38-4)41-36(43)10-17-48-29-30-54-33(31-52-27-25-46-15-6-2)32-53-28-26-47-16-7-3/h33-34,38H,5-32H2,1-4H3,(H,39,42)(H,40,44)(H,41,43). The van der Waals surface area contributed by atoms with Crippen molar-refractivity contribution in [1.29, 1.82) is 0 Å². The highest BCUT2D eigenvalue weighted by Gasteiger charge is 2.21. The fraction of sp³-hybridized carbons (Fsp3) is 0.919. The number of carbonyl (C=O) groups excluding carboxylic acids is 3. The Bertz CT molecular complexity index is 832.